The second kappa shape index (κ2) is 7.92. The van der Waals surface area contributed by atoms with Gasteiger partial charge >= 0.3 is 0 Å². The molecular weight excluding hydrogens is 318 g/mol. The van der Waals surface area contributed by atoms with Crippen LogP contribution in [0.25, 0.3) is 0 Å². The Kier molecular flexibility index (Phi) is 5.21. The van der Waals surface area contributed by atoms with Gasteiger partial charge in [0.05, 0.1) is 11.9 Å². The number of aromatic nitrogens is 2. The van der Waals surface area contributed by atoms with Gasteiger partial charge in [0.2, 0.25) is 0 Å². The quantitative estimate of drug-likeness (QED) is 0.751. The van der Waals surface area contributed by atoms with Crippen molar-refractivity contribution >= 4 is 5.91 Å². The molecule has 1 heterocycles. The number of para-hydroxylation sites is 2. The molecule has 6 heteroatoms. The second-order valence-electron chi connectivity index (χ2n) is 5.28. The predicted molar refractivity (Wildman–Crippen MR) is 93.8 cm³/mol. The molecule has 0 spiro atoms. The summed E-state index contributed by atoms with van der Waals surface area (Å²) >= 11 is 0. The fraction of sp³-hybridized carbons (Fsp3) is 0.105. The average Bonchev–Trinajstić information content (AvgIpc) is 2.64. The predicted octanol–water partition coefficient (Wildman–Crippen LogP) is 2.47. The van der Waals surface area contributed by atoms with Crippen molar-refractivity contribution in [1.29, 1.82) is 0 Å². The normalized spacial score (nSPS) is 10.2. The minimum atomic E-state index is -0.261. The van der Waals surface area contributed by atoms with Crippen LogP contribution in [0.1, 0.15) is 10.4 Å². The van der Waals surface area contributed by atoms with Crippen LogP contribution in [0.15, 0.2) is 78.0 Å². The molecule has 0 aliphatic carbocycles. The number of benzene rings is 2. The Morgan fingerprint density at radius 3 is 2.60 bits per heavy atom. The van der Waals surface area contributed by atoms with E-state index in [4.69, 9.17) is 4.74 Å². The molecule has 126 valence electrons. The summed E-state index contributed by atoms with van der Waals surface area (Å²) < 4.78 is 7.23. The molecule has 3 rings (SSSR count). The Labute approximate surface area is 144 Å². The summed E-state index contributed by atoms with van der Waals surface area (Å²) in [6.07, 6.45) is 2.88. The van der Waals surface area contributed by atoms with Gasteiger partial charge in [-0.1, -0.05) is 30.3 Å². The fourth-order valence-corrected chi connectivity index (χ4v) is 2.29. The zero-order valence-corrected chi connectivity index (χ0v) is 13.5. The van der Waals surface area contributed by atoms with Crippen molar-refractivity contribution < 1.29 is 9.53 Å². The molecule has 0 saturated heterocycles. The molecule has 0 fully saturated rings. The van der Waals surface area contributed by atoms with E-state index >= 15 is 0 Å². The lowest BCUT2D eigenvalue weighted by Gasteiger charge is -2.11. The average molecular weight is 335 g/mol. The number of carbonyl (C=O) groups is 1. The van der Waals surface area contributed by atoms with Crippen LogP contribution in [0.3, 0.4) is 0 Å². The third-order valence-corrected chi connectivity index (χ3v) is 3.53. The Morgan fingerprint density at radius 1 is 1.04 bits per heavy atom. The van der Waals surface area contributed by atoms with Crippen LogP contribution in [0.2, 0.25) is 0 Å². The lowest BCUT2D eigenvalue weighted by molar-refractivity contribution is 0.0950. The monoisotopic (exact) mass is 335 g/mol. The van der Waals surface area contributed by atoms with E-state index in [2.05, 4.69) is 10.3 Å². The third kappa shape index (κ3) is 4.32. The minimum absolute atomic E-state index is 0.155. The summed E-state index contributed by atoms with van der Waals surface area (Å²) in [4.78, 5) is 27.9. The number of hydrogen-bond donors (Lipinski definition) is 1. The van der Waals surface area contributed by atoms with Gasteiger partial charge in [0.25, 0.3) is 11.5 Å². The van der Waals surface area contributed by atoms with Gasteiger partial charge in [0, 0.05) is 25.4 Å². The number of rotatable bonds is 6. The van der Waals surface area contributed by atoms with E-state index in [9.17, 15) is 9.59 Å². The van der Waals surface area contributed by atoms with Crippen molar-refractivity contribution in [2.45, 2.75) is 6.54 Å². The van der Waals surface area contributed by atoms with Crippen molar-refractivity contribution in [2.24, 2.45) is 0 Å². The first kappa shape index (κ1) is 16.4. The molecule has 0 unspecified atom stereocenters. The molecule has 1 N–H and O–H groups in total. The Hall–Kier alpha value is -3.41. The van der Waals surface area contributed by atoms with Crippen molar-refractivity contribution in [2.75, 3.05) is 6.54 Å². The SMILES string of the molecule is O=C(NCCn1cnccc1=O)c1ccccc1Oc1ccccc1. The summed E-state index contributed by atoms with van der Waals surface area (Å²) in [6.45, 7) is 0.657. The smallest absolute Gasteiger partial charge is 0.255 e. The number of nitrogens with one attached hydrogen (secondary N) is 1. The first-order chi connectivity index (χ1) is 12.2. The number of carbonyl (C=O) groups excluding carboxylic acids is 1. The lowest BCUT2D eigenvalue weighted by atomic mass is 10.2. The molecule has 0 saturated carbocycles. The molecule has 3 aromatic rings. The van der Waals surface area contributed by atoms with Crippen molar-refractivity contribution in [1.82, 2.24) is 14.9 Å². The Morgan fingerprint density at radius 2 is 1.80 bits per heavy atom. The maximum absolute atomic E-state index is 12.4. The standard InChI is InChI=1S/C19H17N3O3/c23-18-10-11-20-14-22(18)13-12-21-19(24)16-8-4-5-9-17(16)25-15-6-2-1-3-7-15/h1-11,14H,12-13H2,(H,21,24). The molecule has 0 bridgehead atoms. The zero-order valence-electron chi connectivity index (χ0n) is 13.5. The topological polar surface area (TPSA) is 73.2 Å². The highest BCUT2D eigenvalue weighted by Gasteiger charge is 2.12. The summed E-state index contributed by atoms with van der Waals surface area (Å²) in [5.41, 5.74) is 0.280. The van der Waals surface area contributed by atoms with Gasteiger partial charge in [-0.3, -0.25) is 14.2 Å². The van der Waals surface area contributed by atoms with Gasteiger partial charge in [0.1, 0.15) is 11.5 Å². The van der Waals surface area contributed by atoms with Crippen LogP contribution >= 0.6 is 0 Å². The van der Waals surface area contributed by atoms with Crippen LogP contribution < -0.4 is 15.6 Å². The molecule has 2 aromatic carbocycles. The van der Waals surface area contributed by atoms with Crippen molar-refractivity contribution in [3.05, 3.63) is 89.1 Å². The van der Waals surface area contributed by atoms with Gasteiger partial charge in [-0.15, -0.1) is 0 Å². The number of hydrogen-bond acceptors (Lipinski definition) is 4. The van der Waals surface area contributed by atoms with E-state index in [0.29, 0.717) is 30.2 Å². The maximum atomic E-state index is 12.4. The first-order valence-electron chi connectivity index (χ1n) is 7.84. The van der Waals surface area contributed by atoms with Gasteiger partial charge < -0.3 is 10.1 Å². The molecule has 0 atom stereocenters. The van der Waals surface area contributed by atoms with E-state index in [1.54, 1.807) is 18.2 Å². The van der Waals surface area contributed by atoms with E-state index in [0.717, 1.165) is 0 Å². The van der Waals surface area contributed by atoms with Gasteiger partial charge in [-0.2, -0.15) is 0 Å². The number of amides is 1. The van der Waals surface area contributed by atoms with Gasteiger partial charge in [-0.25, -0.2) is 4.98 Å². The highest BCUT2D eigenvalue weighted by molar-refractivity contribution is 5.96. The third-order valence-electron chi connectivity index (χ3n) is 3.53. The van der Waals surface area contributed by atoms with E-state index in [1.165, 1.54) is 23.2 Å². The van der Waals surface area contributed by atoms with Crippen LogP contribution in [0, 0.1) is 0 Å². The maximum Gasteiger partial charge on any atom is 0.255 e. The minimum Gasteiger partial charge on any atom is -0.457 e. The highest BCUT2D eigenvalue weighted by atomic mass is 16.5. The zero-order chi connectivity index (χ0) is 17.5. The summed E-state index contributed by atoms with van der Waals surface area (Å²) in [7, 11) is 0. The fourth-order valence-electron chi connectivity index (χ4n) is 2.29. The van der Waals surface area contributed by atoms with Crippen molar-refractivity contribution in [3.63, 3.8) is 0 Å². The molecule has 1 amide bonds. The van der Waals surface area contributed by atoms with Gasteiger partial charge in [0.15, 0.2) is 0 Å². The molecule has 25 heavy (non-hydrogen) atoms. The van der Waals surface area contributed by atoms with E-state index in [-0.39, 0.29) is 11.5 Å². The Bertz CT molecular complexity index is 907. The molecule has 0 aliphatic rings. The molecule has 6 nitrogen and oxygen atoms in total. The summed E-state index contributed by atoms with van der Waals surface area (Å²) in [5, 5.41) is 2.79. The van der Waals surface area contributed by atoms with Crippen LogP contribution in [0.5, 0.6) is 11.5 Å². The highest BCUT2D eigenvalue weighted by Crippen LogP contribution is 2.24. The van der Waals surface area contributed by atoms with Crippen molar-refractivity contribution in [3.8, 4) is 11.5 Å². The van der Waals surface area contributed by atoms with Crippen LogP contribution in [-0.4, -0.2) is 22.0 Å². The first-order valence-corrected chi connectivity index (χ1v) is 7.84. The van der Waals surface area contributed by atoms with Crippen LogP contribution in [-0.2, 0) is 6.54 Å². The molecule has 0 radical (unpaired) electrons. The van der Waals surface area contributed by atoms with Crippen LogP contribution in [0.4, 0.5) is 0 Å². The van der Waals surface area contributed by atoms with Gasteiger partial charge in [-0.05, 0) is 24.3 Å². The largest absolute Gasteiger partial charge is 0.457 e. The summed E-state index contributed by atoms with van der Waals surface area (Å²) in [5.74, 6) is 0.873. The Balaban J connectivity index is 1.66. The molecule has 1 aromatic heterocycles. The second-order valence-corrected chi connectivity index (χ2v) is 5.28. The molecule has 0 aliphatic heterocycles. The lowest BCUT2D eigenvalue weighted by Crippen LogP contribution is -2.30. The van der Waals surface area contributed by atoms with E-state index in [1.807, 2.05) is 36.4 Å². The van der Waals surface area contributed by atoms with E-state index < -0.39 is 0 Å². The molecular formula is C19H17N3O3. The summed E-state index contributed by atoms with van der Waals surface area (Å²) in [6, 6.07) is 17.7. The number of ether oxygens (including phenoxy) is 1. The number of nitrogens with zero attached hydrogens (tertiary/aromatic N) is 2.